The smallest absolute Gasteiger partial charge is 0.461 e. The van der Waals surface area contributed by atoms with Crippen molar-refractivity contribution in [1.29, 1.82) is 0 Å². The number of carbonyl (C=O) groups is 2. The quantitative estimate of drug-likeness (QED) is 0.496. The van der Waals surface area contributed by atoms with Gasteiger partial charge in [-0.25, -0.2) is 9.59 Å². The minimum absolute atomic E-state index is 0.157. The molecule has 32 heavy (non-hydrogen) atoms. The molecule has 0 atom stereocenters. The zero-order valence-electron chi connectivity index (χ0n) is 21.0. The molecule has 1 saturated heterocycles. The topological polar surface area (TPSA) is 98.9 Å². The van der Waals surface area contributed by atoms with Crippen LogP contribution < -0.4 is 5.32 Å². The van der Waals surface area contributed by atoms with E-state index in [1.807, 2.05) is 47.6 Å². The first-order valence-corrected chi connectivity index (χ1v) is 11.0. The molecular formula is C23H37BN2O6. The van der Waals surface area contributed by atoms with Crippen molar-refractivity contribution in [2.24, 2.45) is 0 Å². The van der Waals surface area contributed by atoms with Crippen molar-refractivity contribution in [2.45, 2.75) is 86.0 Å². The van der Waals surface area contributed by atoms with Gasteiger partial charge in [0.1, 0.15) is 11.3 Å². The van der Waals surface area contributed by atoms with Crippen LogP contribution in [0.1, 0.15) is 82.7 Å². The van der Waals surface area contributed by atoms with E-state index in [1.165, 1.54) is 0 Å². The number of aryl methyl sites for hydroxylation is 1. The SMILES string of the molecule is CCOC(=O)c1[nH]c(C)c(C=C(CNC(=O)OC(C)(C)C)B2OC(C)(C)C(C)(C)O2)c1C. The van der Waals surface area contributed by atoms with Crippen LogP contribution in [0.25, 0.3) is 6.08 Å². The predicted molar refractivity (Wildman–Crippen MR) is 125 cm³/mol. The standard InChI is InChI=1S/C23H37BN2O6/c1-11-29-19(27)18-14(2)17(15(3)26-18)12-16(13-25-20(28)30-21(4,5)6)24-31-22(7,8)23(9,10)32-24/h12,26H,11,13H2,1-10H3,(H,25,28). The zero-order chi connectivity index (χ0) is 24.5. The fraction of sp³-hybridized carbons (Fsp3) is 0.652. The second kappa shape index (κ2) is 9.31. The van der Waals surface area contributed by atoms with E-state index in [4.69, 9.17) is 18.8 Å². The summed E-state index contributed by atoms with van der Waals surface area (Å²) in [6, 6.07) is 0. The van der Waals surface area contributed by atoms with Gasteiger partial charge in [-0.15, -0.1) is 0 Å². The fourth-order valence-electron chi connectivity index (χ4n) is 3.26. The number of aromatic nitrogens is 1. The van der Waals surface area contributed by atoms with Crippen molar-refractivity contribution in [3.63, 3.8) is 0 Å². The molecule has 0 aromatic carbocycles. The highest BCUT2D eigenvalue weighted by atomic mass is 16.7. The van der Waals surface area contributed by atoms with Gasteiger partial charge in [-0.2, -0.15) is 0 Å². The van der Waals surface area contributed by atoms with Crippen LogP contribution in [-0.2, 0) is 18.8 Å². The average molecular weight is 448 g/mol. The van der Waals surface area contributed by atoms with Gasteiger partial charge < -0.3 is 29.1 Å². The molecule has 178 valence electrons. The molecule has 1 aliphatic rings. The highest BCUT2D eigenvalue weighted by Gasteiger charge is 2.52. The largest absolute Gasteiger partial charge is 0.492 e. The molecule has 2 N–H and O–H groups in total. The third-order valence-electron chi connectivity index (χ3n) is 5.70. The van der Waals surface area contributed by atoms with Gasteiger partial charge in [0.15, 0.2) is 0 Å². The Labute approximate surface area is 191 Å². The molecule has 2 heterocycles. The Morgan fingerprint density at radius 1 is 1.12 bits per heavy atom. The molecule has 1 aromatic rings. The van der Waals surface area contributed by atoms with E-state index in [0.29, 0.717) is 17.8 Å². The van der Waals surface area contributed by atoms with E-state index in [1.54, 1.807) is 27.7 Å². The normalized spacial score (nSPS) is 17.9. The van der Waals surface area contributed by atoms with Crippen molar-refractivity contribution >= 4 is 25.3 Å². The number of hydrogen-bond donors (Lipinski definition) is 2. The maximum atomic E-state index is 12.3. The van der Waals surface area contributed by atoms with Crippen LogP contribution in [0.2, 0.25) is 0 Å². The summed E-state index contributed by atoms with van der Waals surface area (Å²) >= 11 is 0. The Morgan fingerprint density at radius 3 is 2.19 bits per heavy atom. The van der Waals surface area contributed by atoms with Crippen molar-refractivity contribution in [2.75, 3.05) is 13.2 Å². The molecule has 2 rings (SSSR count). The summed E-state index contributed by atoms with van der Waals surface area (Å²) in [7, 11) is -0.672. The summed E-state index contributed by atoms with van der Waals surface area (Å²) in [5.41, 5.74) is 1.80. The van der Waals surface area contributed by atoms with Gasteiger partial charge in [-0.05, 0) is 85.8 Å². The molecule has 0 bridgehead atoms. The number of alkyl carbamates (subject to hydrolysis) is 1. The van der Waals surface area contributed by atoms with Gasteiger partial charge in [0, 0.05) is 12.2 Å². The van der Waals surface area contributed by atoms with Crippen LogP contribution in [-0.4, -0.2) is 54.1 Å². The average Bonchev–Trinajstić information content (AvgIpc) is 3.02. The number of amides is 1. The first-order chi connectivity index (χ1) is 14.6. The van der Waals surface area contributed by atoms with Gasteiger partial charge in [0.2, 0.25) is 0 Å². The van der Waals surface area contributed by atoms with Crippen molar-refractivity contribution in [1.82, 2.24) is 10.3 Å². The highest BCUT2D eigenvalue weighted by Crippen LogP contribution is 2.39. The molecule has 0 radical (unpaired) electrons. The lowest BCUT2D eigenvalue weighted by molar-refractivity contribution is 0.00578. The van der Waals surface area contributed by atoms with E-state index in [0.717, 1.165) is 16.8 Å². The number of rotatable bonds is 6. The lowest BCUT2D eigenvalue weighted by atomic mass is 9.76. The lowest BCUT2D eigenvalue weighted by Crippen LogP contribution is -2.41. The van der Waals surface area contributed by atoms with Crippen LogP contribution in [0.5, 0.6) is 0 Å². The third-order valence-corrected chi connectivity index (χ3v) is 5.70. The molecule has 1 aliphatic heterocycles. The molecule has 1 fully saturated rings. The van der Waals surface area contributed by atoms with E-state index in [-0.39, 0.29) is 6.54 Å². The molecule has 0 saturated carbocycles. The predicted octanol–water partition coefficient (Wildman–Crippen LogP) is 4.35. The fourth-order valence-corrected chi connectivity index (χ4v) is 3.26. The molecule has 1 amide bonds. The first-order valence-electron chi connectivity index (χ1n) is 11.0. The maximum absolute atomic E-state index is 12.3. The van der Waals surface area contributed by atoms with Gasteiger partial charge in [0.25, 0.3) is 0 Å². The third kappa shape index (κ3) is 5.95. The minimum Gasteiger partial charge on any atom is -0.461 e. The van der Waals surface area contributed by atoms with Gasteiger partial charge in [0.05, 0.1) is 17.8 Å². The Kier molecular flexibility index (Phi) is 7.57. The molecular weight excluding hydrogens is 411 g/mol. The molecule has 1 aromatic heterocycles. The van der Waals surface area contributed by atoms with E-state index < -0.39 is 36.0 Å². The highest BCUT2D eigenvalue weighted by molar-refractivity contribution is 6.56. The molecule has 0 unspecified atom stereocenters. The van der Waals surface area contributed by atoms with Crippen LogP contribution in [0.3, 0.4) is 0 Å². The van der Waals surface area contributed by atoms with Gasteiger partial charge >= 0.3 is 19.2 Å². The number of ether oxygens (including phenoxy) is 2. The number of carbonyl (C=O) groups excluding carboxylic acids is 2. The Hall–Kier alpha value is -2.26. The lowest BCUT2D eigenvalue weighted by Gasteiger charge is -2.32. The Morgan fingerprint density at radius 2 is 1.69 bits per heavy atom. The van der Waals surface area contributed by atoms with E-state index >= 15 is 0 Å². The maximum Gasteiger partial charge on any atom is 0.492 e. The van der Waals surface area contributed by atoms with Crippen LogP contribution in [0, 0.1) is 13.8 Å². The second-order valence-corrected chi connectivity index (χ2v) is 10.0. The number of hydrogen-bond acceptors (Lipinski definition) is 6. The van der Waals surface area contributed by atoms with Crippen molar-refractivity contribution in [3.8, 4) is 0 Å². The summed E-state index contributed by atoms with van der Waals surface area (Å²) in [5, 5.41) is 2.79. The van der Waals surface area contributed by atoms with Gasteiger partial charge in [-0.1, -0.05) is 6.08 Å². The van der Waals surface area contributed by atoms with Crippen LogP contribution >= 0.6 is 0 Å². The summed E-state index contributed by atoms with van der Waals surface area (Å²) < 4.78 is 23.0. The first kappa shape index (κ1) is 26.0. The molecule has 0 spiro atoms. The van der Waals surface area contributed by atoms with Gasteiger partial charge in [-0.3, -0.25) is 0 Å². The van der Waals surface area contributed by atoms with E-state index in [2.05, 4.69) is 10.3 Å². The van der Waals surface area contributed by atoms with Crippen LogP contribution in [0.15, 0.2) is 5.47 Å². The Balaban J connectivity index is 2.40. The van der Waals surface area contributed by atoms with Crippen molar-refractivity contribution in [3.05, 3.63) is 28.0 Å². The van der Waals surface area contributed by atoms with Crippen molar-refractivity contribution < 1.29 is 28.4 Å². The number of nitrogens with one attached hydrogen (secondary N) is 2. The van der Waals surface area contributed by atoms with E-state index in [9.17, 15) is 9.59 Å². The summed E-state index contributed by atoms with van der Waals surface area (Å²) in [5.74, 6) is -0.406. The molecule has 9 heteroatoms. The monoisotopic (exact) mass is 448 g/mol. The molecule has 0 aliphatic carbocycles. The minimum atomic E-state index is -0.672. The number of esters is 1. The number of aromatic amines is 1. The zero-order valence-corrected chi connectivity index (χ0v) is 21.0. The second-order valence-electron chi connectivity index (χ2n) is 10.0. The summed E-state index contributed by atoms with van der Waals surface area (Å²) in [4.78, 5) is 27.7. The Bertz CT molecular complexity index is 879. The number of H-pyrrole nitrogens is 1. The van der Waals surface area contributed by atoms with Crippen LogP contribution in [0.4, 0.5) is 4.79 Å². The molecule has 8 nitrogen and oxygen atoms in total. The summed E-state index contributed by atoms with van der Waals surface area (Å²) in [6.07, 6.45) is 1.36. The summed E-state index contributed by atoms with van der Waals surface area (Å²) in [6.45, 7) is 19.2.